The largest absolute Gasteiger partial charge is 0.493 e. The van der Waals surface area contributed by atoms with Gasteiger partial charge in [0.1, 0.15) is 0 Å². The van der Waals surface area contributed by atoms with E-state index in [2.05, 4.69) is 0 Å². The summed E-state index contributed by atoms with van der Waals surface area (Å²) in [6.07, 6.45) is 1.55. The van der Waals surface area contributed by atoms with Crippen LogP contribution >= 0.6 is 0 Å². The molecule has 5 heteroatoms. The number of nitrogens with zero attached hydrogens (tertiary/aromatic N) is 1. The molecular formula is C14H20N2O3. The van der Waals surface area contributed by atoms with Gasteiger partial charge in [-0.15, -0.1) is 0 Å². The molecule has 19 heavy (non-hydrogen) atoms. The van der Waals surface area contributed by atoms with E-state index in [4.69, 9.17) is 15.2 Å². The maximum atomic E-state index is 12.2. The van der Waals surface area contributed by atoms with Crippen LogP contribution in [0.15, 0.2) is 18.2 Å². The van der Waals surface area contributed by atoms with Crippen molar-refractivity contribution in [1.29, 1.82) is 0 Å². The Balaban J connectivity index is 2.14. The average molecular weight is 264 g/mol. The number of benzene rings is 1. The maximum absolute atomic E-state index is 12.2. The Bertz CT molecular complexity index is 470. The number of amides is 1. The van der Waals surface area contributed by atoms with Gasteiger partial charge in [0.05, 0.1) is 14.2 Å². The van der Waals surface area contributed by atoms with Crippen molar-refractivity contribution in [3.63, 3.8) is 0 Å². The summed E-state index contributed by atoms with van der Waals surface area (Å²) in [5, 5.41) is 0. The number of carbonyl (C=O) groups is 1. The second-order valence-corrected chi connectivity index (χ2v) is 4.86. The molecule has 0 heterocycles. The number of anilines is 1. The summed E-state index contributed by atoms with van der Waals surface area (Å²) in [5.41, 5.74) is 6.52. The number of ether oxygens (including phenoxy) is 2. The molecule has 1 amide bonds. The predicted octanol–water partition coefficient (Wildman–Crippen LogP) is 1.40. The summed E-state index contributed by atoms with van der Waals surface area (Å²) >= 11 is 0. The van der Waals surface area contributed by atoms with Crippen LogP contribution in [-0.4, -0.2) is 33.2 Å². The van der Waals surface area contributed by atoms with Crippen LogP contribution in [0.25, 0.3) is 0 Å². The molecule has 1 aromatic carbocycles. The summed E-state index contributed by atoms with van der Waals surface area (Å²) in [6, 6.07) is 5.62. The van der Waals surface area contributed by atoms with Crippen molar-refractivity contribution in [2.75, 3.05) is 26.2 Å². The maximum Gasteiger partial charge on any atom is 0.229 e. The molecule has 0 radical (unpaired) electrons. The van der Waals surface area contributed by atoms with Crippen LogP contribution in [-0.2, 0) is 4.79 Å². The molecule has 0 atom stereocenters. The molecule has 5 nitrogen and oxygen atoms in total. The molecule has 0 aromatic heterocycles. The van der Waals surface area contributed by atoms with E-state index >= 15 is 0 Å². The minimum atomic E-state index is 0.0492. The van der Waals surface area contributed by atoms with Crippen molar-refractivity contribution in [2.24, 2.45) is 11.7 Å². The number of hydrogen-bond donors (Lipinski definition) is 1. The zero-order valence-corrected chi connectivity index (χ0v) is 11.6. The molecule has 1 aliphatic carbocycles. The topological polar surface area (TPSA) is 64.8 Å². The molecular weight excluding hydrogens is 244 g/mol. The third-order valence-corrected chi connectivity index (χ3v) is 3.61. The summed E-state index contributed by atoms with van der Waals surface area (Å²) in [5.74, 6) is 1.42. The molecule has 1 aromatic rings. The van der Waals surface area contributed by atoms with E-state index in [0.29, 0.717) is 11.5 Å². The highest BCUT2D eigenvalue weighted by atomic mass is 16.5. The molecule has 0 unspecified atom stereocenters. The number of carbonyl (C=O) groups excluding carboxylic acids is 1. The lowest BCUT2D eigenvalue weighted by atomic mass is 9.80. The van der Waals surface area contributed by atoms with Crippen molar-refractivity contribution in [2.45, 2.75) is 18.9 Å². The minimum absolute atomic E-state index is 0.0492. The Labute approximate surface area is 113 Å². The zero-order chi connectivity index (χ0) is 14.0. The molecule has 0 saturated heterocycles. The second-order valence-electron chi connectivity index (χ2n) is 4.86. The Kier molecular flexibility index (Phi) is 3.95. The van der Waals surface area contributed by atoms with Gasteiger partial charge in [-0.2, -0.15) is 0 Å². The first kappa shape index (κ1) is 13.7. The van der Waals surface area contributed by atoms with Gasteiger partial charge in [0.25, 0.3) is 0 Å². The number of rotatable bonds is 4. The third-order valence-electron chi connectivity index (χ3n) is 3.61. The fraction of sp³-hybridized carbons (Fsp3) is 0.500. The second kappa shape index (κ2) is 5.48. The average Bonchev–Trinajstić information content (AvgIpc) is 2.41. The van der Waals surface area contributed by atoms with Crippen LogP contribution in [0.3, 0.4) is 0 Å². The van der Waals surface area contributed by atoms with Crippen molar-refractivity contribution < 1.29 is 14.3 Å². The Hall–Kier alpha value is -1.75. The summed E-state index contributed by atoms with van der Waals surface area (Å²) in [6.45, 7) is 0. The third kappa shape index (κ3) is 2.66. The molecule has 2 N–H and O–H groups in total. The van der Waals surface area contributed by atoms with E-state index in [1.165, 1.54) is 0 Å². The smallest absolute Gasteiger partial charge is 0.229 e. The highest BCUT2D eigenvalue weighted by Crippen LogP contribution is 2.33. The summed E-state index contributed by atoms with van der Waals surface area (Å²) < 4.78 is 10.4. The first-order chi connectivity index (χ1) is 9.06. The van der Waals surface area contributed by atoms with Crippen LogP contribution in [0, 0.1) is 5.92 Å². The van der Waals surface area contributed by atoms with Crippen LogP contribution < -0.4 is 20.1 Å². The Morgan fingerprint density at radius 3 is 2.42 bits per heavy atom. The number of methoxy groups -OCH3 is 2. The molecule has 2 rings (SSSR count). The van der Waals surface area contributed by atoms with Gasteiger partial charge in [0.15, 0.2) is 11.5 Å². The van der Waals surface area contributed by atoms with E-state index in [1.807, 2.05) is 6.07 Å². The van der Waals surface area contributed by atoms with Crippen LogP contribution in [0.2, 0.25) is 0 Å². The van der Waals surface area contributed by atoms with E-state index < -0.39 is 0 Å². The van der Waals surface area contributed by atoms with Gasteiger partial charge in [-0.05, 0) is 25.0 Å². The highest BCUT2D eigenvalue weighted by Gasteiger charge is 2.34. The standard InChI is InChI=1S/C14H20N2O3/c1-16(14(17)9-6-10(15)7-9)11-4-5-12(18-2)13(8-11)19-3/h4-5,8-10H,6-7,15H2,1-3H3. The van der Waals surface area contributed by atoms with Crippen LogP contribution in [0.4, 0.5) is 5.69 Å². The first-order valence-corrected chi connectivity index (χ1v) is 6.32. The van der Waals surface area contributed by atoms with Gasteiger partial charge in [-0.1, -0.05) is 0 Å². The summed E-state index contributed by atoms with van der Waals surface area (Å²) in [7, 11) is 4.93. The van der Waals surface area contributed by atoms with Crippen molar-refractivity contribution in [1.82, 2.24) is 0 Å². The van der Waals surface area contributed by atoms with Crippen molar-refractivity contribution >= 4 is 11.6 Å². The van der Waals surface area contributed by atoms with Gasteiger partial charge in [-0.3, -0.25) is 4.79 Å². The molecule has 0 bridgehead atoms. The molecule has 1 fully saturated rings. The fourth-order valence-electron chi connectivity index (χ4n) is 2.30. The lowest BCUT2D eigenvalue weighted by Crippen LogP contribution is -2.45. The van der Waals surface area contributed by atoms with Gasteiger partial charge < -0.3 is 20.1 Å². The van der Waals surface area contributed by atoms with Gasteiger partial charge in [0.2, 0.25) is 5.91 Å². The minimum Gasteiger partial charge on any atom is -0.493 e. The molecule has 0 aliphatic heterocycles. The molecule has 1 aliphatic rings. The lowest BCUT2D eigenvalue weighted by Gasteiger charge is -2.34. The molecule has 104 valence electrons. The quantitative estimate of drug-likeness (QED) is 0.893. The molecule has 1 saturated carbocycles. The lowest BCUT2D eigenvalue weighted by molar-refractivity contribution is -0.124. The Morgan fingerprint density at radius 1 is 1.26 bits per heavy atom. The normalized spacial score (nSPS) is 21.5. The van der Waals surface area contributed by atoms with Gasteiger partial charge in [-0.25, -0.2) is 0 Å². The zero-order valence-electron chi connectivity index (χ0n) is 11.6. The number of nitrogens with two attached hydrogens (primary N) is 1. The summed E-state index contributed by atoms with van der Waals surface area (Å²) in [4.78, 5) is 13.9. The fourth-order valence-corrected chi connectivity index (χ4v) is 2.30. The van der Waals surface area contributed by atoms with Crippen LogP contribution in [0.1, 0.15) is 12.8 Å². The first-order valence-electron chi connectivity index (χ1n) is 6.32. The molecule has 0 spiro atoms. The van der Waals surface area contributed by atoms with E-state index in [0.717, 1.165) is 18.5 Å². The van der Waals surface area contributed by atoms with Gasteiger partial charge >= 0.3 is 0 Å². The van der Waals surface area contributed by atoms with E-state index in [-0.39, 0.29) is 17.9 Å². The van der Waals surface area contributed by atoms with Crippen molar-refractivity contribution in [3.05, 3.63) is 18.2 Å². The van der Waals surface area contributed by atoms with Crippen LogP contribution in [0.5, 0.6) is 11.5 Å². The number of hydrogen-bond acceptors (Lipinski definition) is 4. The van der Waals surface area contributed by atoms with Gasteiger partial charge in [0, 0.05) is 30.8 Å². The predicted molar refractivity (Wildman–Crippen MR) is 73.7 cm³/mol. The highest BCUT2D eigenvalue weighted by molar-refractivity contribution is 5.95. The Morgan fingerprint density at radius 2 is 1.89 bits per heavy atom. The van der Waals surface area contributed by atoms with E-state index in [1.54, 1.807) is 38.3 Å². The monoisotopic (exact) mass is 264 g/mol. The van der Waals surface area contributed by atoms with E-state index in [9.17, 15) is 4.79 Å². The SMILES string of the molecule is COc1ccc(N(C)C(=O)C2CC(N)C2)cc1OC. The van der Waals surface area contributed by atoms with Crippen molar-refractivity contribution in [3.8, 4) is 11.5 Å².